The van der Waals surface area contributed by atoms with Crippen molar-refractivity contribution in [1.29, 1.82) is 0 Å². The van der Waals surface area contributed by atoms with Gasteiger partial charge in [0.2, 0.25) is 0 Å². The fourth-order valence-electron chi connectivity index (χ4n) is 1.15. The molecule has 7 heteroatoms. The predicted molar refractivity (Wildman–Crippen MR) is 47.1 cm³/mol. The minimum atomic E-state index is -4.95. The third kappa shape index (κ3) is 2.71. The molecule has 0 aliphatic carbocycles. The van der Waals surface area contributed by atoms with Crippen LogP contribution in [0.1, 0.15) is 18.1 Å². The Bertz CT molecular complexity index is 387. The van der Waals surface area contributed by atoms with E-state index in [1.165, 1.54) is 0 Å². The third-order valence-corrected chi connectivity index (χ3v) is 2.33. The molecule has 1 aromatic carbocycles. The highest BCUT2D eigenvalue weighted by atomic mass is 19.4. The number of aliphatic hydroxyl groups is 1. The van der Waals surface area contributed by atoms with E-state index in [1.54, 1.807) is 0 Å². The number of halogens is 6. The van der Waals surface area contributed by atoms with Crippen molar-refractivity contribution in [3.63, 3.8) is 0 Å². The summed E-state index contributed by atoms with van der Waals surface area (Å²) in [4.78, 5) is 0. The van der Waals surface area contributed by atoms with E-state index in [0.717, 1.165) is 0 Å². The van der Waals surface area contributed by atoms with E-state index in [-0.39, 0.29) is 0 Å². The fraction of sp³-hybridized carbons (Fsp3) is 0.400. The van der Waals surface area contributed by atoms with E-state index in [0.29, 0.717) is 31.2 Å². The Kier molecular flexibility index (Phi) is 3.17. The maximum atomic E-state index is 12.4. The first-order valence-corrected chi connectivity index (χ1v) is 4.43. The molecule has 0 heterocycles. The molecule has 0 spiro atoms. The van der Waals surface area contributed by atoms with Crippen molar-refractivity contribution in [3.8, 4) is 0 Å². The van der Waals surface area contributed by atoms with E-state index in [2.05, 4.69) is 0 Å². The summed E-state index contributed by atoms with van der Waals surface area (Å²) in [6.45, 7) is 0.482. The van der Waals surface area contributed by atoms with E-state index in [9.17, 15) is 31.4 Å². The number of hydrogen-bond acceptors (Lipinski definition) is 1. The molecule has 1 aromatic rings. The minimum absolute atomic E-state index is 0.482. The lowest BCUT2D eigenvalue weighted by molar-refractivity contribution is -0.258. The topological polar surface area (TPSA) is 20.2 Å². The Hall–Kier alpha value is -1.24. The molecule has 1 atom stereocenters. The first-order chi connectivity index (χ1) is 7.46. The Balaban J connectivity index is 3.12. The van der Waals surface area contributed by atoms with Gasteiger partial charge in [-0.2, -0.15) is 26.3 Å². The van der Waals surface area contributed by atoms with Crippen molar-refractivity contribution in [2.75, 3.05) is 0 Å². The van der Waals surface area contributed by atoms with Crippen LogP contribution in [0.2, 0.25) is 0 Å². The van der Waals surface area contributed by atoms with Gasteiger partial charge in [-0.25, -0.2) is 0 Å². The molecule has 1 nitrogen and oxygen atoms in total. The fourth-order valence-corrected chi connectivity index (χ4v) is 1.15. The van der Waals surface area contributed by atoms with Gasteiger partial charge in [-0.15, -0.1) is 0 Å². The van der Waals surface area contributed by atoms with Crippen molar-refractivity contribution in [2.45, 2.75) is 24.9 Å². The molecular formula is C10H8F6O. The van der Waals surface area contributed by atoms with Gasteiger partial charge < -0.3 is 5.11 Å². The van der Waals surface area contributed by atoms with Gasteiger partial charge in [0.1, 0.15) is 0 Å². The van der Waals surface area contributed by atoms with E-state index >= 15 is 0 Å². The summed E-state index contributed by atoms with van der Waals surface area (Å²) in [7, 11) is 0. The molecule has 1 rings (SSSR count). The van der Waals surface area contributed by atoms with E-state index < -0.39 is 29.1 Å². The molecule has 0 radical (unpaired) electrons. The van der Waals surface area contributed by atoms with Crippen LogP contribution >= 0.6 is 0 Å². The van der Waals surface area contributed by atoms with E-state index in [1.807, 2.05) is 0 Å². The summed E-state index contributed by atoms with van der Waals surface area (Å²) in [6, 6.07) is 2.21. The normalized spacial score (nSPS) is 16.7. The summed E-state index contributed by atoms with van der Waals surface area (Å²) in [6.07, 6.45) is -9.57. The van der Waals surface area contributed by atoms with Crippen LogP contribution in [0.4, 0.5) is 26.3 Å². The molecular weight excluding hydrogens is 250 g/mol. The van der Waals surface area contributed by atoms with Gasteiger partial charge in [-0.1, -0.05) is 12.1 Å². The third-order valence-electron chi connectivity index (χ3n) is 2.33. The van der Waals surface area contributed by atoms with Crippen molar-refractivity contribution < 1.29 is 31.4 Å². The first-order valence-electron chi connectivity index (χ1n) is 4.43. The maximum absolute atomic E-state index is 12.4. The summed E-state index contributed by atoms with van der Waals surface area (Å²) in [5, 5.41) is 9.21. The van der Waals surface area contributed by atoms with Crippen LogP contribution in [0.15, 0.2) is 24.3 Å². The van der Waals surface area contributed by atoms with Crippen LogP contribution in [-0.2, 0) is 11.8 Å². The molecule has 0 fully saturated rings. The second kappa shape index (κ2) is 3.90. The lowest BCUT2D eigenvalue weighted by Crippen LogP contribution is -2.39. The second-order valence-corrected chi connectivity index (χ2v) is 3.65. The standard InChI is InChI=1S/C10H8F6O/c1-8(17,10(14,15)16)6-2-4-7(5-3-6)9(11,12)13/h2-5,17H,1H3/t8-/m1/s1. The molecule has 17 heavy (non-hydrogen) atoms. The highest BCUT2D eigenvalue weighted by Gasteiger charge is 2.51. The highest BCUT2D eigenvalue weighted by molar-refractivity contribution is 5.29. The highest BCUT2D eigenvalue weighted by Crippen LogP contribution is 2.39. The quantitative estimate of drug-likeness (QED) is 0.764. The van der Waals surface area contributed by atoms with Crippen LogP contribution in [0, 0.1) is 0 Å². The van der Waals surface area contributed by atoms with Crippen molar-refractivity contribution in [2.24, 2.45) is 0 Å². The summed E-state index contributed by atoms with van der Waals surface area (Å²) >= 11 is 0. The van der Waals surface area contributed by atoms with Gasteiger partial charge in [-0.05, 0) is 24.6 Å². The van der Waals surface area contributed by atoms with Gasteiger partial charge in [0.15, 0.2) is 5.60 Å². The summed E-state index contributed by atoms with van der Waals surface area (Å²) in [5.74, 6) is 0. The first kappa shape index (κ1) is 13.8. The van der Waals surface area contributed by atoms with Gasteiger partial charge in [0.05, 0.1) is 5.56 Å². The maximum Gasteiger partial charge on any atom is 0.421 e. The molecule has 0 unspecified atom stereocenters. The molecule has 0 amide bonds. The largest absolute Gasteiger partial charge is 0.421 e. The molecule has 0 aliphatic heterocycles. The van der Waals surface area contributed by atoms with Crippen LogP contribution in [0.3, 0.4) is 0 Å². The van der Waals surface area contributed by atoms with Crippen LogP contribution < -0.4 is 0 Å². The zero-order valence-electron chi connectivity index (χ0n) is 8.52. The number of hydrogen-bond donors (Lipinski definition) is 1. The molecule has 0 bridgehead atoms. The van der Waals surface area contributed by atoms with Crippen molar-refractivity contribution >= 4 is 0 Å². The van der Waals surface area contributed by atoms with Crippen LogP contribution in [0.5, 0.6) is 0 Å². The van der Waals surface area contributed by atoms with Gasteiger partial charge in [0, 0.05) is 0 Å². The SMILES string of the molecule is C[C@@](O)(c1ccc(C(F)(F)F)cc1)C(F)(F)F. The minimum Gasteiger partial charge on any atom is -0.376 e. The van der Waals surface area contributed by atoms with Crippen molar-refractivity contribution in [1.82, 2.24) is 0 Å². The second-order valence-electron chi connectivity index (χ2n) is 3.65. The van der Waals surface area contributed by atoms with Gasteiger partial charge >= 0.3 is 12.4 Å². The number of rotatable bonds is 1. The lowest BCUT2D eigenvalue weighted by atomic mass is 9.94. The molecule has 0 aromatic heterocycles. The molecule has 0 aliphatic rings. The van der Waals surface area contributed by atoms with E-state index in [4.69, 9.17) is 0 Å². The smallest absolute Gasteiger partial charge is 0.376 e. The Morgan fingerprint density at radius 3 is 1.47 bits per heavy atom. The number of benzene rings is 1. The number of alkyl halides is 6. The summed E-state index contributed by atoms with van der Waals surface area (Å²) < 4.78 is 73.6. The molecule has 96 valence electrons. The lowest BCUT2D eigenvalue weighted by Gasteiger charge is -2.26. The summed E-state index contributed by atoms with van der Waals surface area (Å²) in [5.41, 5.74) is -4.88. The van der Waals surface area contributed by atoms with Crippen LogP contribution in [0.25, 0.3) is 0 Å². The predicted octanol–water partition coefficient (Wildman–Crippen LogP) is 3.48. The Labute approximate surface area is 92.7 Å². The Morgan fingerprint density at radius 1 is 0.824 bits per heavy atom. The van der Waals surface area contributed by atoms with Gasteiger partial charge in [-0.3, -0.25) is 0 Å². The Morgan fingerprint density at radius 2 is 1.18 bits per heavy atom. The molecule has 0 saturated heterocycles. The molecule has 0 saturated carbocycles. The molecule has 1 N–H and O–H groups in total. The monoisotopic (exact) mass is 258 g/mol. The van der Waals surface area contributed by atoms with Crippen LogP contribution in [-0.4, -0.2) is 11.3 Å². The van der Waals surface area contributed by atoms with Gasteiger partial charge in [0.25, 0.3) is 0 Å². The van der Waals surface area contributed by atoms with Crippen molar-refractivity contribution in [3.05, 3.63) is 35.4 Å². The average Bonchev–Trinajstić information content (AvgIpc) is 2.15. The zero-order valence-corrected chi connectivity index (χ0v) is 8.52. The zero-order chi connectivity index (χ0) is 13.5. The average molecular weight is 258 g/mol.